The van der Waals surface area contributed by atoms with Gasteiger partial charge in [0.1, 0.15) is 0 Å². The van der Waals surface area contributed by atoms with Crippen molar-refractivity contribution in [3.8, 4) is 0 Å². The lowest BCUT2D eigenvalue weighted by atomic mass is 10.1. The Hall–Kier alpha value is -2.86. The van der Waals surface area contributed by atoms with Gasteiger partial charge in [0.15, 0.2) is 5.76 Å². The van der Waals surface area contributed by atoms with Crippen molar-refractivity contribution < 1.29 is 17.6 Å². The smallest absolute Gasteiger partial charge is 0.307 e. The molecular weight excluding hydrogens is 350 g/mol. The number of furan rings is 1. The number of carbonyl (C=O) groups excluding carboxylic acids is 1. The first kappa shape index (κ1) is 17.9. The largest absolute Gasteiger partial charge is 0.459 e. The predicted molar refractivity (Wildman–Crippen MR) is 99.8 cm³/mol. The van der Waals surface area contributed by atoms with Gasteiger partial charge in [-0.3, -0.25) is 4.79 Å². The lowest BCUT2D eigenvalue weighted by molar-refractivity contribution is 0.0979. The van der Waals surface area contributed by atoms with Crippen LogP contribution in [0.1, 0.15) is 27.2 Å². The van der Waals surface area contributed by atoms with Gasteiger partial charge in [0, 0.05) is 0 Å². The number of nitrogens with zero attached hydrogens (tertiary/aromatic N) is 1. The Kier molecular flexibility index (Phi) is 4.70. The molecule has 5 nitrogen and oxygen atoms in total. The van der Waals surface area contributed by atoms with Crippen LogP contribution in [0, 0.1) is 20.8 Å². The van der Waals surface area contributed by atoms with Crippen LogP contribution >= 0.6 is 0 Å². The van der Waals surface area contributed by atoms with Crippen LogP contribution in [0.2, 0.25) is 0 Å². The van der Waals surface area contributed by atoms with Gasteiger partial charge in [0.05, 0.1) is 16.8 Å². The zero-order valence-electron chi connectivity index (χ0n) is 14.8. The van der Waals surface area contributed by atoms with E-state index in [9.17, 15) is 13.2 Å². The Morgan fingerprint density at radius 2 is 1.62 bits per heavy atom. The van der Waals surface area contributed by atoms with Crippen LogP contribution in [0.25, 0.3) is 0 Å². The molecule has 0 spiro atoms. The summed E-state index contributed by atoms with van der Waals surface area (Å²) in [6.07, 6.45) is 1.34. The van der Waals surface area contributed by atoms with E-state index in [0.717, 1.165) is 15.4 Å². The van der Waals surface area contributed by atoms with Crippen LogP contribution in [0.4, 0.5) is 5.69 Å². The predicted octanol–water partition coefficient (Wildman–Crippen LogP) is 4.24. The molecule has 3 aromatic rings. The zero-order valence-corrected chi connectivity index (χ0v) is 15.6. The molecule has 0 aliphatic heterocycles. The van der Waals surface area contributed by atoms with Crippen LogP contribution in [-0.4, -0.2) is 14.3 Å². The molecule has 6 heteroatoms. The number of hydrogen-bond acceptors (Lipinski definition) is 4. The Morgan fingerprint density at radius 3 is 2.23 bits per heavy atom. The van der Waals surface area contributed by atoms with Crippen molar-refractivity contribution >= 4 is 21.6 Å². The van der Waals surface area contributed by atoms with Gasteiger partial charge in [0.2, 0.25) is 0 Å². The normalized spacial score (nSPS) is 11.3. The summed E-state index contributed by atoms with van der Waals surface area (Å²) in [6, 6.07) is 14.6. The summed E-state index contributed by atoms with van der Waals surface area (Å²) in [4.78, 5) is 13.1. The molecule has 3 rings (SSSR count). The number of hydrogen-bond donors (Lipinski definition) is 0. The fourth-order valence-corrected chi connectivity index (χ4v) is 4.08. The molecule has 0 saturated heterocycles. The van der Waals surface area contributed by atoms with Crippen molar-refractivity contribution in [1.29, 1.82) is 0 Å². The Labute approximate surface area is 152 Å². The number of amides is 1. The molecule has 1 heterocycles. The summed E-state index contributed by atoms with van der Waals surface area (Å²) < 4.78 is 32.6. The quantitative estimate of drug-likeness (QED) is 0.690. The first-order valence-corrected chi connectivity index (χ1v) is 9.52. The van der Waals surface area contributed by atoms with Crippen molar-refractivity contribution in [2.24, 2.45) is 0 Å². The van der Waals surface area contributed by atoms with Crippen LogP contribution in [-0.2, 0) is 10.0 Å². The lowest BCUT2D eigenvalue weighted by Gasteiger charge is -2.24. The fourth-order valence-electron chi connectivity index (χ4n) is 2.62. The maximum Gasteiger partial charge on any atom is 0.307 e. The van der Waals surface area contributed by atoms with Gasteiger partial charge in [-0.2, -0.15) is 4.31 Å². The van der Waals surface area contributed by atoms with Gasteiger partial charge >= 0.3 is 5.91 Å². The van der Waals surface area contributed by atoms with Crippen molar-refractivity contribution in [1.82, 2.24) is 0 Å². The molecule has 0 unspecified atom stereocenters. The number of carbonyl (C=O) groups is 1. The van der Waals surface area contributed by atoms with E-state index in [-0.39, 0.29) is 10.7 Å². The zero-order chi connectivity index (χ0) is 18.9. The van der Waals surface area contributed by atoms with E-state index in [1.54, 1.807) is 37.3 Å². The molecule has 0 saturated carbocycles. The number of anilines is 1. The third-order valence-electron chi connectivity index (χ3n) is 4.27. The minimum atomic E-state index is -4.11. The van der Waals surface area contributed by atoms with Crippen molar-refractivity contribution in [2.45, 2.75) is 25.7 Å². The second-order valence-electron chi connectivity index (χ2n) is 6.08. The van der Waals surface area contributed by atoms with E-state index < -0.39 is 15.9 Å². The van der Waals surface area contributed by atoms with Gasteiger partial charge in [-0.05, 0) is 62.2 Å². The highest BCUT2D eigenvalue weighted by Crippen LogP contribution is 2.30. The number of rotatable bonds is 4. The van der Waals surface area contributed by atoms with Gasteiger partial charge in [-0.1, -0.05) is 29.8 Å². The van der Waals surface area contributed by atoms with E-state index in [2.05, 4.69) is 0 Å². The lowest BCUT2D eigenvalue weighted by Crippen LogP contribution is -2.37. The molecule has 0 atom stereocenters. The summed E-state index contributed by atoms with van der Waals surface area (Å²) in [5.41, 5.74) is 2.84. The van der Waals surface area contributed by atoms with E-state index >= 15 is 0 Å². The molecular formula is C20H19NO4S. The second kappa shape index (κ2) is 6.80. The summed E-state index contributed by atoms with van der Waals surface area (Å²) in [5, 5.41) is 0. The van der Waals surface area contributed by atoms with Crippen LogP contribution in [0.3, 0.4) is 0 Å². The third-order valence-corrected chi connectivity index (χ3v) is 5.98. The minimum Gasteiger partial charge on any atom is -0.459 e. The third kappa shape index (κ3) is 3.15. The molecule has 1 aromatic heterocycles. The molecule has 2 aromatic carbocycles. The van der Waals surface area contributed by atoms with Crippen molar-refractivity contribution in [3.63, 3.8) is 0 Å². The molecule has 0 aliphatic rings. The standard InChI is InChI=1S/C20H19NO4S/c1-14-9-11-17(12-10-14)26(23,24)21(20(22)19-8-5-13-25-19)18-7-4-6-15(2)16(18)3/h4-13H,1-3H3. The first-order chi connectivity index (χ1) is 12.3. The average molecular weight is 369 g/mol. The van der Waals surface area contributed by atoms with Crippen LogP contribution in [0.5, 0.6) is 0 Å². The maximum absolute atomic E-state index is 13.3. The van der Waals surface area contributed by atoms with E-state index in [1.807, 2.05) is 19.9 Å². The molecule has 26 heavy (non-hydrogen) atoms. The van der Waals surface area contributed by atoms with E-state index in [4.69, 9.17) is 4.42 Å². The van der Waals surface area contributed by atoms with Crippen LogP contribution in [0.15, 0.2) is 70.2 Å². The molecule has 0 bridgehead atoms. The maximum atomic E-state index is 13.3. The highest BCUT2D eigenvalue weighted by atomic mass is 32.2. The van der Waals surface area contributed by atoms with Gasteiger partial charge in [-0.25, -0.2) is 8.42 Å². The molecule has 134 valence electrons. The van der Waals surface area contributed by atoms with Gasteiger partial charge < -0.3 is 4.42 Å². The number of benzene rings is 2. The Morgan fingerprint density at radius 1 is 0.923 bits per heavy atom. The number of aryl methyl sites for hydroxylation is 2. The second-order valence-corrected chi connectivity index (χ2v) is 7.87. The Balaban J connectivity index is 2.22. The SMILES string of the molecule is Cc1ccc(S(=O)(=O)N(C(=O)c2ccco2)c2cccc(C)c2C)cc1. The Bertz CT molecular complexity index is 1040. The monoisotopic (exact) mass is 369 g/mol. The van der Waals surface area contributed by atoms with Gasteiger partial charge in [0.25, 0.3) is 10.0 Å². The average Bonchev–Trinajstić information content (AvgIpc) is 3.13. The summed E-state index contributed by atoms with van der Waals surface area (Å²) in [7, 11) is -4.11. The van der Waals surface area contributed by atoms with Crippen LogP contribution < -0.4 is 4.31 Å². The van der Waals surface area contributed by atoms with E-state index in [0.29, 0.717) is 11.3 Å². The van der Waals surface area contributed by atoms with Crippen molar-refractivity contribution in [2.75, 3.05) is 4.31 Å². The highest BCUT2D eigenvalue weighted by molar-refractivity contribution is 7.93. The highest BCUT2D eigenvalue weighted by Gasteiger charge is 2.34. The summed E-state index contributed by atoms with van der Waals surface area (Å²) >= 11 is 0. The summed E-state index contributed by atoms with van der Waals surface area (Å²) in [5.74, 6) is -0.772. The summed E-state index contributed by atoms with van der Waals surface area (Å²) in [6.45, 7) is 5.53. The molecule has 1 amide bonds. The van der Waals surface area contributed by atoms with Crippen molar-refractivity contribution in [3.05, 3.63) is 83.3 Å². The topological polar surface area (TPSA) is 67.6 Å². The molecule has 0 radical (unpaired) electrons. The molecule has 0 fully saturated rings. The van der Waals surface area contributed by atoms with Gasteiger partial charge in [-0.15, -0.1) is 0 Å². The molecule has 0 N–H and O–H groups in total. The number of sulfonamides is 1. The fraction of sp³-hybridized carbons (Fsp3) is 0.150. The van der Waals surface area contributed by atoms with E-state index in [1.165, 1.54) is 24.5 Å². The molecule has 0 aliphatic carbocycles. The minimum absolute atomic E-state index is 0.0402. The first-order valence-electron chi connectivity index (χ1n) is 8.08.